The molecule has 2 fully saturated rings. The van der Waals surface area contributed by atoms with Crippen molar-refractivity contribution < 1.29 is 4.74 Å². The highest BCUT2D eigenvalue weighted by molar-refractivity contribution is 5.30. The molecule has 2 heterocycles. The van der Waals surface area contributed by atoms with Crippen LogP contribution < -0.4 is 4.90 Å². The van der Waals surface area contributed by atoms with Crippen molar-refractivity contribution in [2.45, 2.75) is 32.0 Å². The van der Waals surface area contributed by atoms with E-state index < -0.39 is 0 Å². The molecule has 1 saturated carbocycles. The Bertz CT molecular complexity index is 374. The Kier molecular flexibility index (Phi) is 2.35. The number of aromatic nitrogens is 3. The largest absolute Gasteiger partial charge is 0.371 e. The molecule has 1 aromatic rings. The van der Waals surface area contributed by atoms with Gasteiger partial charge in [0.15, 0.2) is 0 Å². The van der Waals surface area contributed by atoms with Gasteiger partial charge in [0.25, 0.3) is 0 Å². The van der Waals surface area contributed by atoms with Crippen molar-refractivity contribution in [3.63, 3.8) is 0 Å². The van der Waals surface area contributed by atoms with Crippen LogP contribution in [-0.4, -0.2) is 40.1 Å². The summed E-state index contributed by atoms with van der Waals surface area (Å²) in [6.45, 7) is 4.01. The highest BCUT2D eigenvalue weighted by Gasteiger charge is 2.38. The van der Waals surface area contributed by atoms with Crippen LogP contribution in [-0.2, 0) is 11.8 Å². The fourth-order valence-electron chi connectivity index (χ4n) is 2.45. The van der Waals surface area contributed by atoms with Gasteiger partial charge in [-0.15, -0.1) is 0 Å². The highest BCUT2D eigenvalue weighted by Crippen LogP contribution is 2.37. The van der Waals surface area contributed by atoms with Crippen molar-refractivity contribution in [3.8, 4) is 0 Å². The van der Waals surface area contributed by atoms with E-state index in [2.05, 4.69) is 21.9 Å². The standard InChI is InChI=1S/C11H18N4O/c1-8-5-15(11-12-7-13-14(11)2)6-10(16-8)9-3-4-9/h7-10H,3-6H2,1-2H3. The van der Waals surface area contributed by atoms with E-state index in [0.29, 0.717) is 6.10 Å². The second-order valence-corrected chi connectivity index (χ2v) is 4.91. The van der Waals surface area contributed by atoms with Gasteiger partial charge in [-0.3, -0.25) is 0 Å². The Morgan fingerprint density at radius 1 is 1.38 bits per heavy atom. The maximum absolute atomic E-state index is 5.98. The van der Waals surface area contributed by atoms with Crippen LogP contribution in [0.1, 0.15) is 19.8 Å². The third-order valence-corrected chi connectivity index (χ3v) is 3.40. The number of rotatable bonds is 2. The van der Waals surface area contributed by atoms with Crippen molar-refractivity contribution >= 4 is 5.95 Å². The smallest absolute Gasteiger partial charge is 0.223 e. The Labute approximate surface area is 95.4 Å². The topological polar surface area (TPSA) is 43.2 Å². The number of anilines is 1. The second kappa shape index (κ2) is 3.73. The third kappa shape index (κ3) is 1.80. The Hall–Kier alpha value is -1.10. The first-order valence-electron chi connectivity index (χ1n) is 5.98. The second-order valence-electron chi connectivity index (χ2n) is 4.91. The molecule has 1 aliphatic heterocycles. The monoisotopic (exact) mass is 222 g/mol. The van der Waals surface area contributed by atoms with Gasteiger partial charge in [0.05, 0.1) is 12.2 Å². The van der Waals surface area contributed by atoms with Crippen molar-refractivity contribution in [2.75, 3.05) is 18.0 Å². The fourth-order valence-corrected chi connectivity index (χ4v) is 2.45. The maximum Gasteiger partial charge on any atom is 0.223 e. The quantitative estimate of drug-likeness (QED) is 0.743. The molecular formula is C11H18N4O. The Morgan fingerprint density at radius 3 is 2.81 bits per heavy atom. The Morgan fingerprint density at radius 2 is 2.19 bits per heavy atom. The first kappa shape index (κ1) is 10.1. The summed E-state index contributed by atoms with van der Waals surface area (Å²) in [5.41, 5.74) is 0. The first-order valence-corrected chi connectivity index (χ1v) is 5.98. The Balaban J connectivity index is 1.77. The molecule has 2 aliphatic rings. The van der Waals surface area contributed by atoms with E-state index in [9.17, 15) is 0 Å². The minimum Gasteiger partial charge on any atom is -0.371 e. The first-order chi connectivity index (χ1) is 7.74. The van der Waals surface area contributed by atoms with Crippen LogP contribution in [0.3, 0.4) is 0 Å². The van der Waals surface area contributed by atoms with Gasteiger partial charge in [-0.2, -0.15) is 10.1 Å². The van der Waals surface area contributed by atoms with Gasteiger partial charge in [0.2, 0.25) is 5.95 Å². The minimum atomic E-state index is 0.288. The average Bonchev–Trinajstić information content (AvgIpc) is 3.01. The summed E-state index contributed by atoms with van der Waals surface area (Å²) in [7, 11) is 1.94. The molecule has 5 heteroatoms. The predicted molar refractivity (Wildman–Crippen MR) is 60.3 cm³/mol. The molecule has 0 spiro atoms. The zero-order valence-corrected chi connectivity index (χ0v) is 9.83. The zero-order chi connectivity index (χ0) is 11.1. The molecule has 1 saturated heterocycles. The van der Waals surface area contributed by atoms with Gasteiger partial charge in [-0.1, -0.05) is 0 Å². The normalized spacial score (nSPS) is 30.8. The molecule has 0 bridgehead atoms. The molecule has 0 aromatic carbocycles. The SMILES string of the molecule is CC1CN(c2ncnn2C)CC(C2CC2)O1. The third-order valence-electron chi connectivity index (χ3n) is 3.40. The molecule has 0 radical (unpaired) electrons. The van der Waals surface area contributed by atoms with Gasteiger partial charge in [-0.25, -0.2) is 4.68 Å². The maximum atomic E-state index is 5.98. The van der Waals surface area contributed by atoms with Crippen molar-refractivity contribution in [3.05, 3.63) is 6.33 Å². The van der Waals surface area contributed by atoms with Gasteiger partial charge >= 0.3 is 0 Å². The molecule has 1 aliphatic carbocycles. The van der Waals surface area contributed by atoms with E-state index in [1.807, 2.05) is 11.7 Å². The summed E-state index contributed by atoms with van der Waals surface area (Å²) in [5.74, 6) is 1.74. The predicted octanol–water partition coefficient (Wildman–Crippen LogP) is 0.819. The lowest BCUT2D eigenvalue weighted by Crippen LogP contribution is -2.48. The number of nitrogens with zero attached hydrogens (tertiary/aromatic N) is 4. The molecule has 0 amide bonds. The van der Waals surface area contributed by atoms with Crippen LogP contribution in [0.25, 0.3) is 0 Å². The van der Waals surface area contributed by atoms with E-state index in [1.165, 1.54) is 12.8 Å². The minimum absolute atomic E-state index is 0.288. The summed E-state index contributed by atoms with van der Waals surface area (Å²) in [4.78, 5) is 6.61. The van der Waals surface area contributed by atoms with E-state index in [-0.39, 0.29) is 6.10 Å². The lowest BCUT2D eigenvalue weighted by molar-refractivity contribution is -0.0277. The van der Waals surface area contributed by atoms with Gasteiger partial charge in [-0.05, 0) is 25.7 Å². The van der Waals surface area contributed by atoms with Crippen molar-refractivity contribution in [2.24, 2.45) is 13.0 Å². The highest BCUT2D eigenvalue weighted by atomic mass is 16.5. The molecule has 16 heavy (non-hydrogen) atoms. The van der Waals surface area contributed by atoms with E-state index in [4.69, 9.17) is 4.74 Å². The molecule has 88 valence electrons. The molecule has 0 N–H and O–H groups in total. The van der Waals surface area contributed by atoms with E-state index in [0.717, 1.165) is 25.0 Å². The van der Waals surface area contributed by atoms with Crippen LogP contribution in [0.15, 0.2) is 6.33 Å². The number of ether oxygens (including phenoxy) is 1. The molecular weight excluding hydrogens is 204 g/mol. The fraction of sp³-hybridized carbons (Fsp3) is 0.818. The van der Waals surface area contributed by atoms with Gasteiger partial charge in [0.1, 0.15) is 6.33 Å². The lowest BCUT2D eigenvalue weighted by atomic mass is 10.1. The van der Waals surface area contributed by atoms with Crippen molar-refractivity contribution in [1.82, 2.24) is 14.8 Å². The van der Waals surface area contributed by atoms with Crippen molar-refractivity contribution in [1.29, 1.82) is 0 Å². The van der Waals surface area contributed by atoms with Gasteiger partial charge in [0, 0.05) is 20.1 Å². The molecule has 5 nitrogen and oxygen atoms in total. The zero-order valence-electron chi connectivity index (χ0n) is 9.83. The van der Waals surface area contributed by atoms with Crippen LogP contribution in [0.2, 0.25) is 0 Å². The van der Waals surface area contributed by atoms with E-state index in [1.54, 1.807) is 6.33 Å². The lowest BCUT2D eigenvalue weighted by Gasteiger charge is -2.37. The molecule has 3 rings (SSSR count). The summed E-state index contributed by atoms with van der Waals surface area (Å²) < 4.78 is 7.81. The van der Waals surface area contributed by atoms with Crippen LogP contribution >= 0.6 is 0 Å². The summed E-state index contributed by atoms with van der Waals surface area (Å²) >= 11 is 0. The van der Waals surface area contributed by atoms with Gasteiger partial charge < -0.3 is 9.64 Å². The summed E-state index contributed by atoms with van der Waals surface area (Å²) in [5, 5.41) is 4.13. The molecule has 1 aromatic heterocycles. The summed E-state index contributed by atoms with van der Waals surface area (Å²) in [6, 6.07) is 0. The summed E-state index contributed by atoms with van der Waals surface area (Å²) in [6.07, 6.45) is 4.94. The van der Waals surface area contributed by atoms with Crippen LogP contribution in [0, 0.1) is 5.92 Å². The van der Waals surface area contributed by atoms with Crippen LogP contribution in [0.5, 0.6) is 0 Å². The number of hydrogen-bond donors (Lipinski definition) is 0. The molecule has 2 atom stereocenters. The number of morpholine rings is 1. The van der Waals surface area contributed by atoms with E-state index >= 15 is 0 Å². The number of aryl methyl sites for hydroxylation is 1. The number of hydrogen-bond acceptors (Lipinski definition) is 4. The average molecular weight is 222 g/mol. The van der Waals surface area contributed by atoms with Crippen LogP contribution in [0.4, 0.5) is 5.95 Å². The molecule has 2 unspecified atom stereocenters.